The number of halogens is 2. The van der Waals surface area contributed by atoms with Crippen molar-refractivity contribution in [3.8, 4) is 11.5 Å². The lowest BCUT2D eigenvalue weighted by Crippen LogP contribution is -2.18. The zero-order valence-corrected chi connectivity index (χ0v) is 17.3. The molecule has 0 saturated carbocycles. The second-order valence-corrected chi connectivity index (χ2v) is 7.08. The maximum Gasteiger partial charge on any atom is 0.269 e. The molecule has 0 fully saturated rings. The number of hydrogen-bond acceptors (Lipinski definition) is 6. The molecule has 0 unspecified atom stereocenters. The summed E-state index contributed by atoms with van der Waals surface area (Å²) in [4.78, 5) is 24.4. The van der Waals surface area contributed by atoms with Crippen molar-refractivity contribution in [2.24, 2.45) is 0 Å². The predicted molar refractivity (Wildman–Crippen MR) is 115 cm³/mol. The molecule has 4 aromatic rings. The Morgan fingerprint density at radius 1 is 1.07 bits per heavy atom. The first kappa shape index (κ1) is 19.7. The number of ether oxygens (including phenoxy) is 1. The summed E-state index contributed by atoms with van der Waals surface area (Å²) in [6.45, 7) is 0. The molecule has 0 aliphatic carbocycles. The van der Waals surface area contributed by atoms with Crippen molar-refractivity contribution in [3.63, 3.8) is 0 Å². The van der Waals surface area contributed by atoms with Gasteiger partial charge < -0.3 is 15.4 Å². The van der Waals surface area contributed by atoms with Crippen molar-refractivity contribution >= 4 is 44.4 Å². The van der Waals surface area contributed by atoms with E-state index in [-0.39, 0.29) is 17.4 Å². The molecule has 0 saturated heterocycles. The normalized spacial score (nSPS) is 10.6. The van der Waals surface area contributed by atoms with E-state index in [2.05, 4.69) is 41.5 Å². The van der Waals surface area contributed by atoms with Gasteiger partial charge in [-0.3, -0.25) is 9.78 Å². The van der Waals surface area contributed by atoms with Crippen LogP contribution in [0.15, 0.2) is 65.4 Å². The van der Waals surface area contributed by atoms with E-state index in [1.165, 1.54) is 19.3 Å². The van der Waals surface area contributed by atoms with Crippen molar-refractivity contribution in [3.05, 3.63) is 76.9 Å². The highest BCUT2D eigenvalue weighted by molar-refractivity contribution is 9.10. The second kappa shape index (κ2) is 8.42. The summed E-state index contributed by atoms with van der Waals surface area (Å²) in [5.74, 6) is 0.730. The van der Waals surface area contributed by atoms with Crippen LogP contribution in [0.1, 0.15) is 10.5 Å². The summed E-state index contributed by atoms with van der Waals surface area (Å²) >= 11 is 3.12. The molecule has 30 heavy (non-hydrogen) atoms. The number of aromatic nitrogens is 3. The Kier molecular flexibility index (Phi) is 5.53. The van der Waals surface area contributed by atoms with E-state index in [4.69, 9.17) is 4.74 Å². The third-order valence-corrected chi connectivity index (χ3v) is 4.80. The molecule has 150 valence electrons. The van der Waals surface area contributed by atoms with Crippen molar-refractivity contribution < 1.29 is 13.9 Å². The van der Waals surface area contributed by atoms with Gasteiger partial charge in [-0.25, -0.2) is 14.4 Å². The zero-order chi connectivity index (χ0) is 21.1. The minimum Gasteiger partial charge on any atom is -0.457 e. The lowest BCUT2D eigenvalue weighted by molar-refractivity contribution is 0.0958. The summed E-state index contributed by atoms with van der Waals surface area (Å²) in [7, 11) is 1.54. The average Bonchev–Trinajstić information content (AvgIpc) is 2.76. The van der Waals surface area contributed by atoms with E-state index in [1.54, 1.807) is 48.7 Å². The number of pyridine rings is 1. The monoisotopic (exact) mass is 467 g/mol. The van der Waals surface area contributed by atoms with Gasteiger partial charge in [-0.1, -0.05) is 0 Å². The molecular weight excluding hydrogens is 453 g/mol. The van der Waals surface area contributed by atoms with Gasteiger partial charge in [0.1, 0.15) is 23.0 Å². The first-order valence-corrected chi connectivity index (χ1v) is 9.66. The standard InChI is InChI=1S/C21H15BrFN5O2/c1-24-20(29)19-10-15(6-7-25-19)30-14-3-5-18-12(8-14)11-26-21(28-18)27-13-2-4-16(22)17(23)9-13/h2-11H,1H3,(H,24,29)(H,26,27,28). The van der Waals surface area contributed by atoms with Gasteiger partial charge in [0.2, 0.25) is 5.95 Å². The number of rotatable bonds is 5. The minimum absolute atomic E-state index is 0.263. The van der Waals surface area contributed by atoms with E-state index in [9.17, 15) is 9.18 Å². The van der Waals surface area contributed by atoms with Crippen LogP contribution in [0, 0.1) is 5.82 Å². The second-order valence-electron chi connectivity index (χ2n) is 6.23. The molecular formula is C21H15BrFN5O2. The summed E-state index contributed by atoms with van der Waals surface area (Å²) < 4.78 is 19.9. The number of hydrogen-bond donors (Lipinski definition) is 2. The van der Waals surface area contributed by atoms with Crippen LogP contribution in [0.4, 0.5) is 16.0 Å². The summed E-state index contributed by atoms with van der Waals surface area (Å²) in [6, 6.07) is 13.3. The van der Waals surface area contributed by atoms with Crippen LogP contribution in [0.5, 0.6) is 11.5 Å². The molecule has 2 heterocycles. The minimum atomic E-state index is -0.377. The number of carbonyl (C=O) groups excluding carboxylic acids is 1. The van der Waals surface area contributed by atoms with Crippen LogP contribution in [0.3, 0.4) is 0 Å². The molecule has 0 bridgehead atoms. The van der Waals surface area contributed by atoms with Gasteiger partial charge in [0.25, 0.3) is 5.91 Å². The Morgan fingerprint density at radius 3 is 2.70 bits per heavy atom. The molecule has 7 nitrogen and oxygen atoms in total. The van der Waals surface area contributed by atoms with E-state index >= 15 is 0 Å². The maximum atomic E-state index is 13.7. The molecule has 0 atom stereocenters. The quantitative estimate of drug-likeness (QED) is 0.437. The van der Waals surface area contributed by atoms with Crippen LogP contribution in [0.2, 0.25) is 0 Å². The summed E-state index contributed by atoms with van der Waals surface area (Å²) in [5.41, 5.74) is 1.50. The zero-order valence-electron chi connectivity index (χ0n) is 15.7. The third kappa shape index (κ3) is 4.36. The maximum absolute atomic E-state index is 13.7. The number of benzene rings is 2. The SMILES string of the molecule is CNC(=O)c1cc(Oc2ccc3nc(Nc4ccc(Br)c(F)c4)ncc3c2)ccn1. The summed E-state index contributed by atoms with van der Waals surface area (Å²) in [6.07, 6.45) is 3.15. The predicted octanol–water partition coefficient (Wildman–Crippen LogP) is 4.82. The molecule has 0 spiro atoms. The average molecular weight is 468 g/mol. The Bertz CT molecular complexity index is 1250. The molecule has 1 amide bonds. The van der Waals surface area contributed by atoms with Crippen molar-refractivity contribution in [2.45, 2.75) is 0 Å². The first-order valence-electron chi connectivity index (χ1n) is 8.87. The lowest BCUT2D eigenvalue weighted by Gasteiger charge is -2.09. The van der Waals surface area contributed by atoms with Crippen molar-refractivity contribution in [1.29, 1.82) is 0 Å². The third-order valence-electron chi connectivity index (χ3n) is 4.15. The Morgan fingerprint density at radius 2 is 1.90 bits per heavy atom. The molecule has 0 aliphatic heterocycles. The Hall–Kier alpha value is -3.59. The fourth-order valence-electron chi connectivity index (χ4n) is 2.70. The molecule has 2 N–H and O–H groups in total. The highest BCUT2D eigenvalue weighted by atomic mass is 79.9. The smallest absolute Gasteiger partial charge is 0.269 e. The Balaban J connectivity index is 1.54. The lowest BCUT2D eigenvalue weighted by atomic mass is 10.2. The van der Waals surface area contributed by atoms with Gasteiger partial charge in [-0.05, 0) is 58.4 Å². The molecule has 2 aromatic heterocycles. The fraction of sp³-hybridized carbons (Fsp3) is 0.0476. The van der Waals surface area contributed by atoms with Gasteiger partial charge >= 0.3 is 0 Å². The van der Waals surface area contributed by atoms with Crippen molar-refractivity contribution in [1.82, 2.24) is 20.3 Å². The van der Waals surface area contributed by atoms with Crippen LogP contribution >= 0.6 is 15.9 Å². The molecule has 2 aromatic carbocycles. The molecule has 4 rings (SSSR count). The van der Waals surface area contributed by atoms with Crippen molar-refractivity contribution in [2.75, 3.05) is 12.4 Å². The number of fused-ring (bicyclic) bond motifs is 1. The van der Waals surface area contributed by atoms with Crippen LogP contribution < -0.4 is 15.4 Å². The highest BCUT2D eigenvalue weighted by Crippen LogP contribution is 2.26. The fourth-order valence-corrected chi connectivity index (χ4v) is 2.95. The number of carbonyl (C=O) groups is 1. The number of amides is 1. The van der Waals surface area contributed by atoms with Crippen LogP contribution in [-0.2, 0) is 0 Å². The number of nitrogens with one attached hydrogen (secondary N) is 2. The number of nitrogens with zero attached hydrogens (tertiary/aromatic N) is 3. The topological polar surface area (TPSA) is 89.0 Å². The first-order chi connectivity index (χ1) is 14.5. The molecule has 0 aliphatic rings. The van der Waals surface area contributed by atoms with Gasteiger partial charge in [0.05, 0.1) is 9.99 Å². The van der Waals surface area contributed by atoms with E-state index in [1.807, 2.05) is 0 Å². The largest absolute Gasteiger partial charge is 0.457 e. The Labute approximate surface area is 179 Å². The van der Waals surface area contributed by atoms with E-state index in [0.29, 0.717) is 33.1 Å². The van der Waals surface area contributed by atoms with Gasteiger partial charge in [0, 0.05) is 36.6 Å². The molecule has 9 heteroatoms. The van der Waals surface area contributed by atoms with Gasteiger partial charge in [0.15, 0.2) is 0 Å². The van der Waals surface area contributed by atoms with Crippen LogP contribution in [-0.4, -0.2) is 27.9 Å². The van der Waals surface area contributed by atoms with Gasteiger partial charge in [-0.15, -0.1) is 0 Å². The van der Waals surface area contributed by atoms with Gasteiger partial charge in [-0.2, -0.15) is 0 Å². The molecule has 0 radical (unpaired) electrons. The van der Waals surface area contributed by atoms with E-state index < -0.39 is 0 Å². The number of anilines is 2. The summed E-state index contributed by atoms with van der Waals surface area (Å²) in [5, 5.41) is 6.27. The van der Waals surface area contributed by atoms with E-state index in [0.717, 1.165) is 5.39 Å². The van der Waals surface area contributed by atoms with Crippen LogP contribution in [0.25, 0.3) is 10.9 Å². The highest BCUT2D eigenvalue weighted by Gasteiger charge is 2.08.